The number of aromatic nitrogens is 2. The molecule has 186 valence electrons. The van der Waals surface area contributed by atoms with Crippen LogP contribution in [0.4, 0.5) is 5.82 Å². The zero-order chi connectivity index (χ0) is 25.1. The Balaban J connectivity index is 1.37. The Hall–Kier alpha value is -3.18. The van der Waals surface area contributed by atoms with Gasteiger partial charge in [0.05, 0.1) is 22.8 Å². The van der Waals surface area contributed by atoms with E-state index in [0.717, 1.165) is 79.2 Å². The Morgan fingerprint density at radius 3 is 2.28 bits per heavy atom. The summed E-state index contributed by atoms with van der Waals surface area (Å²) in [6, 6.07) is 16.3. The first-order valence-corrected chi connectivity index (χ1v) is 13.3. The number of nitrogens with zero attached hydrogens (tertiary/aromatic N) is 3. The maximum absolute atomic E-state index is 11.9. The lowest BCUT2D eigenvalue weighted by atomic mass is 10.0. The Morgan fingerprint density at radius 2 is 1.58 bits per heavy atom. The standard InChI is InChI=1S/C30H32ClN3O2/c1-20-8-10-21(11-9-20)29-28(22-12-14-23(31)15-13-22)32-25-7-5-19-34(30(25)33-29)18-4-2-3-6-24-26(35)16-17-27(24)36/h8-15,35H,2-7,16-19H2,1H3. The van der Waals surface area contributed by atoms with Gasteiger partial charge in [0.15, 0.2) is 11.6 Å². The molecule has 5 rings (SSSR count). The lowest BCUT2D eigenvalue weighted by molar-refractivity contribution is -0.115. The summed E-state index contributed by atoms with van der Waals surface area (Å²) in [5.41, 5.74) is 6.77. The maximum atomic E-state index is 11.9. The zero-order valence-electron chi connectivity index (χ0n) is 20.8. The predicted octanol–water partition coefficient (Wildman–Crippen LogP) is 7.26. The second kappa shape index (κ2) is 10.8. The Labute approximate surface area is 217 Å². The molecule has 1 N–H and O–H groups in total. The molecule has 1 aliphatic heterocycles. The molecule has 2 heterocycles. The third-order valence-corrected chi connectivity index (χ3v) is 7.41. The van der Waals surface area contributed by atoms with E-state index in [9.17, 15) is 9.90 Å². The SMILES string of the molecule is Cc1ccc(-c2nc3c(nc2-c2ccc(Cl)cc2)CCCN3CCCCCC2=C(O)CCC2=O)cc1. The van der Waals surface area contributed by atoms with Crippen molar-refractivity contribution in [1.82, 2.24) is 9.97 Å². The van der Waals surface area contributed by atoms with Crippen LogP contribution in [0.25, 0.3) is 22.5 Å². The van der Waals surface area contributed by atoms with E-state index < -0.39 is 0 Å². The van der Waals surface area contributed by atoms with Gasteiger partial charge in [-0.15, -0.1) is 0 Å². The van der Waals surface area contributed by atoms with Crippen LogP contribution < -0.4 is 4.90 Å². The van der Waals surface area contributed by atoms with Crippen molar-refractivity contribution in [3.63, 3.8) is 0 Å². The number of hydrogen-bond donors (Lipinski definition) is 1. The Kier molecular flexibility index (Phi) is 7.38. The van der Waals surface area contributed by atoms with Crippen LogP contribution in [0.15, 0.2) is 59.9 Å². The van der Waals surface area contributed by atoms with Gasteiger partial charge in [0.2, 0.25) is 0 Å². The summed E-state index contributed by atoms with van der Waals surface area (Å²) in [7, 11) is 0. The van der Waals surface area contributed by atoms with Gasteiger partial charge in [-0.1, -0.05) is 60.0 Å². The first-order chi connectivity index (χ1) is 17.5. The molecular formula is C30H32ClN3O2. The minimum Gasteiger partial charge on any atom is -0.512 e. The van der Waals surface area contributed by atoms with Gasteiger partial charge in [0, 0.05) is 47.7 Å². The molecule has 6 heteroatoms. The second-order valence-electron chi connectivity index (χ2n) is 9.81. The molecule has 0 unspecified atom stereocenters. The average Bonchev–Trinajstić information content (AvgIpc) is 3.21. The van der Waals surface area contributed by atoms with Gasteiger partial charge >= 0.3 is 0 Å². The molecule has 2 aromatic carbocycles. The lowest BCUT2D eigenvalue weighted by Crippen LogP contribution is -2.32. The van der Waals surface area contributed by atoms with Crippen molar-refractivity contribution in [2.45, 2.75) is 58.3 Å². The van der Waals surface area contributed by atoms with Gasteiger partial charge in [-0.2, -0.15) is 0 Å². The quantitative estimate of drug-likeness (QED) is 0.329. The molecule has 1 aromatic heterocycles. The van der Waals surface area contributed by atoms with Crippen molar-refractivity contribution in [3.05, 3.63) is 76.1 Å². The number of carbonyl (C=O) groups is 1. The van der Waals surface area contributed by atoms with Crippen molar-refractivity contribution in [1.29, 1.82) is 0 Å². The number of allylic oxidation sites excluding steroid dienone is 2. The summed E-state index contributed by atoms with van der Waals surface area (Å²) in [4.78, 5) is 24.6. The molecule has 2 aliphatic rings. The van der Waals surface area contributed by atoms with Crippen molar-refractivity contribution in [3.8, 4) is 22.5 Å². The Morgan fingerprint density at radius 1 is 0.889 bits per heavy atom. The summed E-state index contributed by atoms with van der Waals surface area (Å²) >= 11 is 6.16. The molecule has 36 heavy (non-hydrogen) atoms. The van der Waals surface area contributed by atoms with Crippen molar-refractivity contribution in [2.24, 2.45) is 0 Å². The van der Waals surface area contributed by atoms with Gasteiger partial charge in [-0.25, -0.2) is 9.97 Å². The number of rotatable bonds is 8. The van der Waals surface area contributed by atoms with E-state index in [4.69, 9.17) is 21.6 Å². The van der Waals surface area contributed by atoms with Crippen LogP contribution in [0.1, 0.15) is 56.2 Å². The van der Waals surface area contributed by atoms with E-state index in [-0.39, 0.29) is 5.78 Å². The van der Waals surface area contributed by atoms with E-state index in [1.54, 1.807) is 0 Å². The zero-order valence-corrected chi connectivity index (χ0v) is 21.5. The molecule has 0 saturated heterocycles. The predicted molar refractivity (Wildman–Crippen MR) is 146 cm³/mol. The van der Waals surface area contributed by atoms with Gasteiger partial charge in [0.1, 0.15) is 0 Å². The lowest BCUT2D eigenvalue weighted by Gasteiger charge is -2.30. The van der Waals surface area contributed by atoms with E-state index in [2.05, 4.69) is 36.1 Å². The number of aliphatic hydroxyl groups is 1. The second-order valence-corrected chi connectivity index (χ2v) is 10.3. The minimum absolute atomic E-state index is 0.118. The number of hydrogen-bond acceptors (Lipinski definition) is 5. The van der Waals surface area contributed by atoms with Crippen LogP contribution in [0, 0.1) is 6.92 Å². The maximum Gasteiger partial charge on any atom is 0.162 e. The number of ketones is 1. The van der Waals surface area contributed by atoms with Gasteiger partial charge < -0.3 is 10.0 Å². The smallest absolute Gasteiger partial charge is 0.162 e. The summed E-state index contributed by atoms with van der Waals surface area (Å²) in [6.07, 6.45) is 6.58. The number of halogens is 1. The highest BCUT2D eigenvalue weighted by atomic mass is 35.5. The monoisotopic (exact) mass is 501 g/mol. The van der Waals surface area contributed by atoms with E-state index in [1.165, 1.54) is 5.56 Å². The van der Waals surface area contributed by atoms with E-state index in [1.807, 2.05) is 24.3 Å². The number of benzene rings is 2. The molecule has 1 aliphatic carbocycles. The van der Waals surface area contributed by atoms with Crippen molar-refractivity contribution in [2.75, 3.05) is 18.0 Å². The molecular weight excluding hydrogens is 470 g/mol. The topological polar surface area (TPSA) is 66.3 Å². The first kappa shape index (κ1) is 24.5. The van der Waals surface area contributed by atoms with E-state index >= 15 is 0 Å². The van der Waals surface area contributed by atoms with Crippen molar-refractivity contribution >= 4 is 23.2 Å². The number of anilines is 1. The number of aliphatic hydroxyl groups excluding tert-OH is 1. The van der Waals surface area contributed by atoms with Crippen LogP contribution in [-0.4, -0.2) is 33.9 Å². The normalized spacial score (nSPS) is 15.5. The van der Waals surface area contributed by atoms with Gasteiger partial charge in [0.25, 0.3) is 0 Å². The molecule has 0 fully saturated rings. The number of Topliss-reactive ketones (excluding diaryl/α,β-unsaturated/α-hetero) is 1. The van der Waals surface area contributed by atoms with Crippen molar-refractivity contribution < 1.29 is 9.90 Å². The van der Waals surface area contributed by atoms with Crippen LogP contribution in [0.2, 0.25) is 5.02 Å². The average molecular weight is 502 g/mol. The number of carbonyl (C=O) groups excluding carboxylic acids is 1. The highest BCUT2D eigenvalue weighted by molar-refractivity contribution is 6.30. The highest BCUT2D eigenvalue weighted by Crippen LogP contribution is 2.35. The molecule has 0 spiro atoms. The first-order valence-electron chi connectivity index (χ1n) is 12.9. The van der Waals surface area contributed by atoms with Gasteiger partial charge in [-0.3, -0.25) is 4.79 Å². The molecule has 5 nitrogen and oxygen atoms in total. The molecule has 0 atom stereocenters. The number of unbranched alkanes of at least 4 members (excludes halogenated alkanes) is 2. The molecule has 0 bridgehead atoms. The van der Waals surface area contributed by atoms with Crippen LogP contribution in [-0.2, 0) is 11.2 Å². The fraction of sp³-hybridized carbons (Fsp3) is 0.367. The Bertz CT molecular complexity index is 1280. The molecule has 0 radical (unpaired) electrons. The number of aryl methyl sites for hydroxylation is 2. The third kappa shape index (κ3) is 5.31. The van der Waals surface area contributed by atoms with E-state index in [0.29, 0.717) is 35.6 Å². The minimum atomic E-state index is 0.118. The fourth-order valence-corrected chi connectivity index (χ4v) is 5.25. The molecule has 0 amide bonds. The summed E-state index contributed by atoms with van der Waals surface area (Å²) in [6.45, 7) is 3.97. The third-order valence-electron chi connectivity index (χ3n) is 7.16. The fourth-order valence-electron chi connectivity index (χ4n) is 5.12. The summed E-state index contributed by atoms with van der Waals surface area (Å²) < 4.78 is 0. The van der Waals surface area contributed by atoms with Crippen LogP contribution in [0.3, 0.4) is 0 Å². The molecule has 3 aromatic rings. The molecule has 0 saturated carbocycles. The van der Waals surface area contributed by atoms with Crippen LogP contribution >= 0.6 is 11.6 Å². The summed E-state index contributed by atoms with van der Waals surface area (Å²) in [5, 5.41) is 10.6. The van der Waals surface area contributed by atoms with Crippen LogP contribution in [0.5, 0.6) is 0 Å². The summed E-state index contributed by atoms with van der Waals surface area (Å²) in [5.74, 6) is 1.41. The number of fused-ring (bicyclic) bond motifs is 1. The highest BCUT2D eigenvalue weighted by Gasteiger charge is 2.24. The van der Waals surface area contributed by atoms with Gasteiger partial charge in [-0.05, 0) is 51.2 Å². The largest absolute Gasteiger partial charge is 0.512 e.